The van der Waals surface area contributed by atoms with E-state index >= 15 is 0 Å². The first-order chi connectivity index (χ1) is 15.2. The Bertz CT molecular complexity index is 903. The van der Waals surface area contributed by atoms with Gasteiger partial charge in [-0.2, -0.15) is 4.31 Å². The molecular weight excluding hydrogens is 431 g/mol. The number of hydrogen-bond acceptors (Lipinski definition) is 5. The zero-order valence-corrected chi connectivity index (χ0v) is 20.5. The van der Waals surface area contributed by atoms with Crippen LogP contribution in [0.5, 0.6) is 5.75 Å². The second kappa shape index (κ2) is 10.6. The number of piperazine rings is 1. The third kappa shape index (κ3) is 5.51. The number of rotatable bonds is 8. The van der Waals surface area contributed by atoms with Gasteiger partial charge in [0.2, 0.25) is 10.0 Å². The first kappa shape index (κ1) is 25.1. The number of ketones is 1. The minimum Gasteiger partial charge on any atom is -0.496 e. The SMILES string of the molecule is CCS(=O)(=O)N1CCN(C2(CCC(=O)c3c(C)cc(F)cc3OC)CCCCCC2)CC1. The number of methoxy groups -OCH3 is 1. The predicted octanol–water partition coefficient (Wildman–Crippen LogP) is 4.17. The maximum atomic E-state index is 13.8. The molecule has 3 rings (SSSR count). The molecule has 1 aliphatic heterocycles. The van der Waals surface area contributed by atoms with E-state index in [1.54, 1.807) is 18.2 Å². The van der Waals surface area contributed by atoms with E-state index in [0.29, 0.717) is 49.5 Å². The summed E-state index contributed by atoms with van der Waals surface area (Å²) in [6, 6.07) is 2.65. The highest BCUT2D eigenvalue weighted by molar-refractivity contribution is 7.89. The van der Waals surface area contributed by atoms with E-state index in [2.05, 4.69) is 4.90 Å². The normalized spacial score (nSPS) is 20.6. The number of sulfonamides is 1. The lowest BCUT2D eigenvalue weighted by Gasteiger charge is -2.48. The summed E-state index contributed by atoms with van der Waals surface area (Å²) in [5.41, 5.74) is 0.978. The molecular formula is C24H37FN2O4S. The van der Waals surface area contributed by atoms with E-state index in [1.807, 2.05) is 0 Å². The average Bonchev–Trinajstić information content (AvgIpc) is 3.03. The van der Waals surface area contributed by atoms with E-state index in [4.69, 9.17) is 4.74 Å². The lowest BCUT2D eigenvalue weighted by atomic mass is 9.81. The summed E-state index contributed by atoms with van der Waals surface area (Å²) in [4.78, 5) is 15.7. The standard InChI is InChI=1S/C24H37FN2O4S/c1-4-32(29,30)27-15-13-26(14-16-27)24(10-7-5-6-8-11-24)12-9-21(28)23-19(2)17-20(25)18-22(23)31-3/h17-18H,4-16H2,1-3H3. The Morgan fingerprint density at radius 3 is 2.28 bits per heavy atom. The van der Waals surface area contributed by atoms with Crippen molar-refractivity contribution in [3.05, 3.63) is 29.1 Å². The van der Waals surface area contributed by atoms with Gasteiger partial charge in [0, 0.05) is 44.2 Å². The zero-order valence-electron chi connectivity index (χ0n) is 19.7. The van der Waals surface area contributed by atoms with Gasteiger partial charge in [0.05, 0.1) is 18.4 Å². The quantitative estimate of drug-likeness (QED) is 0.423. The Morgan fingerprint density at radius 1 is 1.09 bits per heavy atom. The number of ether oxygens (including phenoxy) is 1. The van der Waals surface area contributed by atoms with Crippen LogP contribution in [0.15, 0.2) is 12.1 Å². The fourth-order valence-corrected chi connectivity index (χ4v) is 6.52. The number of Topliss-reactive ketones (excluding diaryl/α,β-unsaturated/α-hetero) is 1. The smallest absolute Gasteiger partial charge is 0.213 e. The van der Waals surface area contributed by atoms with Crippen LogP contribution in [0.2, 0.25) is 0 Å². The van der Waals surface area contributed by atoms with Gasteiger partial charge in [-0.1, -0.05) is 25.7 Å². The van der Waals surface area contributed by atoms with Crippen molar-refractivity contribution >= 4 is 15.8 Å². The van der Waals surface area contributed by atoms with Gasteiger partial charge in [0.15, 0.2) is 5.78 Å². The molecule has 2 fully saturated rings. The topological polar surface area (TPSA) is 66.9 Å². The molecule has 0 aromatic heterocycles. The Labute approximate surface area is 192 Å². The largest absolute Gasteiger partial charge is 0.496 e. The number of aryl methyl sites for hydroxylation is 1. The molecule has 1 aromatic rings. The van der Waals surface area contributed by atoms with Gasteiger partial charge in [-0.25, -0.2) is 12.8 Å². The van der Waals surface area contributed by atoms with Crippen LogP contribution in [0.3, 0.4) is 0 Å². The summed E-state index contributed by atoms with van der Waals surface area (Å²) in [5.74, 6) is -0.00194. The van der Waals surface area contributed by atoms with Crippen LogP contribution in [0, 0.1) is 12.7 Å². The van der Waals surface area contributed by atoms with E-state index in [-0.39, 0.29) is 17.1 Å². The van der Waals surface area contributed by atoms with Gasteiger partial charge in [-0.05, 0) is 44.7 Å². The molecule has 1 aliphatic carbocycles. The molecule has 0 spiro atoms. The van der Waals surface area contributed by atoms with Gasteiger partial charge in [-0.15, -0.1) is 0 Å². The van der Waals surface area contributed by atoms with Gasteiger partial charge < -0.3 is 4.74 Å². The number of halogens is 1. The van der Waals surface area contributed by atoms with Crippen LogP contribution in [-0.2, 0) is 10.0 Å². The Kier molecular flexibility index (Phi) is 8.33. The van der Waals surface area contributed by atoms with Crippen LogP contribution in [0.4, 0.5) is 4.39 Å². The van der Waals surface area contributed by atoms with Crippen LogP contribution in [0.1, 0.15) is 74.2 Å². The van der Waals surface area contributed by atoms with Crippen LogP contribution in [-0.4, -0.2) is 68.0 Å². The molecule has 1 aromatic carbocycles. The Balaban J connectivity index is 1.77. The van der Waals surface area contributed by atoms with Crippen molar-refractivity contribution in [2.24, 2.45) is 0 Å². The van der Waals surface area contributed by atoms with Gasteiger partial charge >= 0.3 is 0 Å². The molecule has 0 bridgehead atoms. The molecule has 1 saturated carbocycles. The number of nitrogens with zero attached hydrogens (tertiary/aromatic N) is 2. The Hall–Kier alpha value is -1.51. The molecule has 6 nitrogen and oxygen atoms in total. The molecule has 1 heterocycles. The van der Waals surface area contributed by atoms with Gasteiger partial charge in [-0.3, -0.25) is 9.69 Å². The predicted molar refractivity (Wildman–Crippen MR) is 124 cm³/mol. The van der Waals surface area contributed by atoms with Gasteiger partial charge in [0.1, 0.15) is 11.6 Å². The monoisotopic (exact) mass is 468 g/mol. The number of benzene rings is 1. The minimum absolute atomic E-state index is 0.0184. The van der Waals surface area contributed by atoms with Crippen LogP contribution < -0.4 is 4.74 Å². The van der Waals surface area contributed by atoms with Crippen molar-refractivity contribution in [2.45, 2.75) is 70.8 Å². The average molecular weight is 469 g/mol. The molecule has 0 atom stereocenters. The molecule has 0 radical (unpaired) electrons. The molecule has 0 unspecified atom stereocenters. The second-order valence-corrected chi connectivity index (χ2v) is 11.4. The van der Waals surface area contributed by atoms with E-state index in [9.17, 15) is 17.6 Å². The van der Waals surface area contributed by atoms with Crippen LogP contribution in [0.25, 0.3) is 0 Å². The van der Waals surface area contributed by atoms with E-state index in [1.165, 1.54) is 32.1 Å². The van der Waals surface area contributed by atoms with Crippen molar-refractivity contribution in [2.75, 3.05) is 39.0 Å². The highest BCUT2D eigenvalue weighted by atomic mass is 32.2. The lowest BCUT2D eigenvalue weighted by Crippen LogP contribution is -2.58. The lowest BCUT2D eigenvalue weighted by molar-refractivity contribution is 0.0320. The minimum atomic E-state index is -3.17. The van der Waals surface area contributed by atoms with Crippen molar-refractivity contribution in [1.29, 1.82) is 0 Å². The Morgan fingerprint density at radius 2 is 1.72 bits per heavy atom. The van der Waals surface area contributed by atoms with Crippen molar-refractivity contribution in [3.63, 3.8) is 0 Å². The summed E-state index contributed by atoms with van der Waals surface area (Å²) < 4.78 is 45.3. The highest BCUT2D eigenvalue weighted by Crippen LogP contribution is 2.38. The molecule has 0 amide bonds. The molecule has 8 heteroatoms. The maximum Gasteiger partial charge on any atom is 0.213 e. The van der Waals surface area contributed by atoms with Crippen molar-refractivity contribution in [1.82, 2.24) is 9.21 Å². The summed E-state index contributed by atoms with van der Waals surface area (Å²) in [5, 5.41) is 0. The fraction of sp³-hybridized carbons (Fsp3) is 0.708. The number of hydrogen-bond donors (Lipinski definition) is 0. The third-order valence-electron chi connectivity index (χ3n) is 7.28. The summed E-state index contributed by atoms with van der Waals surface area (Å²) >= 11 is 0. The summed E-state index contributed by atoms with van der Waals surface area (Å²) in [6.45, 7) is 5.85. The van der Waals surface area contributed by atoms with Crippen molar-refractivity contribution in [3.8, 4) is 5.75 Å². The maximum absolute atomic E-state index is 13.8. The van der Waals surface area contributed by atoms with Crippen LogP contribution >= 0.6 is 0 Å². The fourth-order valence-electron chi connectivity index (χ4n) is 5.44. The second-order valence-electron chi connectivity index (χ2n) is 9.15. The third-order valence-corrected chi connectivity index (χ3v) is 9.16. The summed E-state index contributed by atoms with van der Waals surface area (Å²) in [7, 11) is -1.71. The molecule has 0 N–H and O–H groups in total. The number of carbonyl (C=O) groups is 1. The van der Waals surface area contributed by atoms with Crippen molar-refractivity contribution < 1.29 is 22.3 Å². The first-order valence-electron chi connectivity index (χ1n) is 11.8. The molecule has 1 saturated heterocycles. The van der Waals surface area contributed by atoms with Gasteiger partial charge in [0.25, 0.3) is 0 Å². The highest BCUT2D eigenvalue weighted by Gasteiger charge is 2.40. The van der Waals surface area contributed by atoms with E-state index in [0.717, 1.165) is 32.1 Å². The van der Waals surface area contributed by atoms with E-state index < -0.39 is 15.8 Å². The summed E-state index contributed by atoms with van der Waals surface area (Å²) in [6.07, 6.45) is 7.81. The molecule has 32 heavy (non-hydrogen) atoms. The molecule has 2 aliphatic rings. The number of carbonyl (C=O) groups excluding carboxylic acids is 1. The molecule has 180 valence electrons. The zero-order chi connectivity index (χ0) is 23.4. The first-order valence-corrected chi connectivity index (χ1v) is 13.4.